The van der Waals surface area contributed by atoms with Crippen molar-refractivity contribution in [2.75, 3.05) is 32.2 Å². The molecule has 2 aromatic carbocycles. The number of para-hydroxylation sites is 1. The zero-order valence-corrected chi connectivity index (χ0v) is 15.9. The van der Waals surface area contributed by atoms with Crippen LogP contribution in [0.25, 0.3) is 21.9 Å². The van der Waals surface area contributed by atoms with Crippen molar-refractivity contribution in [2.24, 2.45) is 5.92 Å². The van der Waals surface area contributed by atoms with E-state index < -0.39 is 0 Å². The average Bonchev–Trinajstić information content (AvgIpc) is 3.29. The van der Waals surface area contributed by atoms with Crippen LogP contribution in [0.5, 0.6) is 5.75 Å². The van der Waals surface area contributed by atoms with Crippen molar-refractivity contribution in [2.45, 2.75) is 25.3 Å². The zero-order valence-electron chi connectivity index (χ0n) is 15.9. The Hall–Kier alpha value is -2.73. The van der Waals surface area contributed by atoms with Gasteiger partial charge in [-0.05, 0) is 31.4 Å². The molecular formula is C22H24N2O4. The van der Waals surface area contributed by atoms with Gasteiger partial charge < -0.3 is 24.1 Å². The first-order chi connectivity index (χ1) is 13.7. The molecule has 1 aliphatic heterocycles. The van der Waals surface area contributed by atoms with E-state index in [1.54, 1.807) is 7.11 Å². The van der Waals surface area contributed by atoms with Crippen molar-refractivity contribution in [1.29, 1.82) is 0 Å². The van der Waals surface area contributed by atoms with Gasteiger partial charge in [-0.2, -0.15) is 0 Å². The molecule has 1 saturated heterocycles. The Morgan fingerprint density at radius 1 is 1.18 bits per heavy atom. The predicted molar refractivity (Wildman–Crippen MR) is 108 cm³/mol. The molecule has 2 heterocycles. The normalized spacial score (nSPS) is 19.2. The van der Waals surface area contributed by atoms with E-state index in [9.17, 15) is 4.79 Å². The number of urea groups is 1. The molecule has 28 heavy (non-hydrogen) atoms. The fraction of sp³-hybridized carbons (Fsp3) is 0.409. The maximum atomic E-state index is 13.0. The van der Waals surface area contributed by atoms with Gasteiger partial charge in [-0.25, -0.2) is 4.79 Å². The smallest absolute Gasteiger partial charge is 0.322 e. The Kier molecular flexibility index (Phi) is 4.36. The number of furan rings is 1. The van der Waals surface area contributed by atoms with Gasteiger partial charge in [-0.3, -0.25) is 0 Å². The number of amides is 2. The Bertz CT molecular complexity index is 1020. The Balaban J connectivity index is 1.44. The fourth-order valence-electron chi connectivity index (χ4n) is 3.99. The van der Waals surface area contributed by atoms with Crippen LogP contribution in [0.3, 0.4) is 0 Å². The summed E-state index contributed by atoms with van der Waals surface area (Å²) in [4.78, 5) is 15.0. The highest BCUT2D eigenvalue weighted by Crippen LogP contribution is 2.37. The number of hydrogen-bond donors (Lipinski definition) is 1. The highest BCUT2D eigenvalue weighted by Gasteiger charge is 2.35. The molecule has 6 nitrogen and oxygen atoms in total. The molecular weight excluding hydrogens is 356 g/mol. The number of rotatable bonds is 5. The van der Waals surface area contributed by atoms with Crippen LogP contribution in [0.15, 0.2) is 40.8 Å². The molecule has 2 amide bonds. The molecule has 1 atom stereocenters. The van der Waals surface area contributed by atoms with E-state index in [2.05, 4.69) is 5.32 Å². The van der Waals surface area contributed by atoms with Gasteiger partial charge in [-0.1, -0.05) is 18.2 Å². The molecule has 5 rings (SSSR count). The highest BCUT2D eigenvalue weighted by atomic mass is 16.5. The first-order valence-corrected chi connectivity index (χ1v) is 9.87. The third-order valence-electron chi connectivity index (χ3n) is 5.67. The highest BCUT2D eigenvalue weighted by molar-refractivity contribution is 6.07. The second kappa shape index (κ2) is 7.02. The monoisotopic (exact) mass is 380 g/mol. The van der Waals surface area contributed by atoms with Gasteiger partial charge in [0, 0.05) is 42.0 Å². The van der Waals surface area contributed by atoms with Gasteiger partial charge >= 0.3 is 6.03 Å². The summed E-state index contributed by atoms with van der Waals surface area (Å²) in [5.41, 5.74) is 2.19. The number of methoxy groups -OCH3 is 1. The number of benzene rings is 2. The molecule has 3 aromatic rings. The van der Waals surface area contributed by atoms with Crippen LogP contribution in [0.4, 0.5) is 10.5 Å². The van der Waals surface area contributed by atoms with Crippen LogP contribution in [-0.2, 0) is 4.74 Å². The van der Waals surface area contributed by atoms with E-state index in [0.29, 0.717) is 23.4 Å². The number of nitrogens with one attached hydrogen (secondary N) is 1. The van der Waals surface area contributed by atoms with Crippen LogP contribution in [0.2, 0.25) is 0 Å². The average molecular weight is 380 g/mol. The first kappa shape index (κ1) is 17.4. The summed E-state index contributed by atoms with van der Waals surface area (Å²) in [5.74, 6) is 1.05. The van der Waals surface area contributed by atoms with Crippen LogP contribution < -0.4 is 10.1 Å². The number of carbonyl (C=O) groups is 1. The summed E-state index contributed by atoms with van der Waals surface area (Å²) in [6, 6.07) is 11.9. The van der Waals surface area contributed by atoms with Crippen LogP contribution in [0.1, 0.15) is 19.3 Å². The number of carbonyl (C=O) groups excluding carboxylic acids is 1. The molecule has 1 aromatic heterocycles. The molecule has 1 unspecified atom stereocenters. The van der Waals surface area contributed by atoms with Crippen molar-refractivity contribution >= 4 is 33.7 Å². The summed E-state index contributed by atoms with van der Waals surface area (Å²) in [5, 5.41) is 5.07. The summed E-state index contributed by atoms with van der Waals surface area (Å²) < 4.78 is 17.0. The molecule has 1 N–H and O–H groups in total. The van der Waals surface area contributed by atoms with E-state index in [-0.39, 0.29) is 6.03 Å². The Morgan fingerprint density at radius 3 is 2.79 bits per heavy atom. The molecule has 0 radical (unpaired) electrons. The van der Waals surface area contributed by atoms with Gasteiger partial charge in [0.1, 0.15) is 16.9 Å². The molecule has 2 aliphatic rings. The fourth-order valence-corrected chi connectivity index (χ4v) is 3.99. The molecule has 1 aliphatic carbocycles. The van der Waals surface area contributed by atoms with E-state index >= 15 is 0 Å². The van der Waals surface area contributed by atoms with E-state index in [1.165, 1.54) is 0 Å². The van der Waals surface area contributed by atoms with Crippen LogP contribution in [0, 0.1) is 5.92 Å². The number of ether oxygens (including phenoxy) is 2. The number of anilines is 1. The van der Waals surface area contributed by atoms with Gasteiger partial charge in [0.2, 0.25) is 0 Å². The molecule has 2 fully saturated rings. The lowest BCUT2D eigenvalue weighted by Crippen LogP contribution is -2.40. The molecule has 6 heteroatoms. The van der Waals surface area contributed by atoms with Gasteiger partial charge in [0.25, 0.3) is 0 Å². The minimum atomic E-state index is -0.0804. The van der Waals surface area contributed by atoms with Gasteiger partial charge in [0.05, 0.1) is 19.4 Å². The molecule has 146 valence electrons. The molecule has 1 saturated carbocycles. The summed E-state index contributed by atoms with van der Waals surface area (Å²) in [7, 11) is 1.62. The molecule has 0 bridgehead atoms. The molecule has 0 spiro atoms. The number of hydrogen-bond acceptors (Lipinski definition) is 4. The largest absolute Gasteiger partial charge is 0.495 e. The Morgan fingerprint density at radius 2 is 2.04 bits per heavy atom. The first-order valence-electron chi connectivity index (χ1n) is 9.87. The third kappa shape index (κ3) is 3.18. The summed E-state index contributed by atoms with van der Waals surface area (Å²) >= 11 is 0. The van der Waals surface area contributed by atoms with Crippen molar-refractivity contribution in [1.82, 2.24) is 4.90 Å². The maximum absolute atomic E-state index is 13.0. The standard InChI is InChI=1S/C22H24N2O4/c1-26-21-10-17-16-4-2-3-5-19(16)28-20(17)11-18(21)23-22(25)24(15-6-7-15)12-14-8-9-27-13-14/h2-5,10-11,14-15H,6-9,12-13H2,1H3,(H,23,25). The van der Waals surface area contributed by atoms with Crippen LogP contribution in [-0.4, -0.2) is 43.8 Å². The summed E-state index contributed by atoms with van der Waals surface area (Å²) in [6.45, 7) is 2.28. The number of fused-ring (bicyclic) bond motifs is 3. The number of nitrogens with zero attached hydrogens (tertiary/aromatic N) is 1. The zero-order chi connectivity index (χ0) is 19.1. The lowest BCUT2D eigenvalue weighted by Gasteiger charge is -2.25. The lowest BCUT2D eigenvalue weighted by molar-refractivity contribution is 0.167. The van der Waals surface area contributed by atoms with Gasteiger partial charge in [0.15, 0.2) is 0 Å². The van der Waals surface area contributed by atoms with Crippen molar-refractivity contribution in [3.8, 4) is 5.75 Å². The third-order valence-corrected chi connectivity index (χ3v) is 5.67. The maximum Gasteiger partial charge on any atom is 0.322 e. The van der Waals surface area contributed by atoms with E-state index in [1.807, 2.05) is 41.3 Å². The topological polar surface area (TPSA) is 63.9 Å². The van der Waals surface area contributed by atoms with E-state index in [0.717, 1.165) is 61.0 Å². The Labute approximate surface area is 163 Å². The van der Waals surface area contributed by atoms with E-state index in [4.69, 9.17) is 13.9 Å². The van der Waals surface area contributed by atoms with Gasteiger partial charge in [-0.15, -0.1) is 0 Å². The van der Waals surface area contributed by atoms with Crippen molar-refractivity contribution in [3.05, 3.63) is 36.4 Å². The van der Waals surface area contributed by atoms with Crippen molar-refractivity contribution < 1.29 is 18.7 Å². The summed E-state index contributed by atoms with van der Waals surface area (Å²) in [6.07, 6.45) is 3.16. The quantitative estimate of drug-likeness (QED) is 0.701. The SMILES string of the molecule is COc1cc2c(cc1NC(=O)N(CC1CCOC1)C1CC1)oc1ccccc12. The predicted octanol–water partition coefficient (Wildman–Crippen LogP) is 4.63. The minimum Gasteiger partial charge on any atom is -0.495 e. The van der Waals surface area contributed by atoms with Crippen molar-refractivity contribution in [3.63, 3.8) is 0 Å². The lowest BCUT2D eigenvalue weighted by atomic mass is 10.1. The second-order valence-corrected chi connectivity index (χ2v) is 7.69. The minimum absolute atomic E-state index is 0.0804. The second-order valence-electron chi connectivity index (χ2n) is 7.69. The van der Waals surface area contributed by atoms with Crippen LogP contribution >= 0.6 is 0 Å².